The lowest BCUT2D eigenvalue weighted by Gasteiger charge is -2.34. The van der Waals surface area contributed by atoms with Crippen LogP contribution in [0.25, 0.3) is 0 Å². The summed E-state index contributed by atoms with van der Waals surface area (Å²) in [4.78, 5) is 11.2. The van der Waals surface area contributed by atoms with Crippen molar-refractivity contribution in [2.24, 2.45) is 5.92 Å². The number of carboxylic acid groups (broad SMARTS) is 1. The zero-order valence-corrected chi connectivity index (χ0v) is 14.3. The van der Waals surface area contributed by atoms with Gasteiger partial charge in [-0.25, -0.2) is 0 Å². The van der Waals surface area contributed by atoms with Gasteiger partial charge >= 0.3 is 5.97 Å². The van der Waals surface area contributed by atoms with Crippen LogP contribution in [0.15, 0.2) is 18.2 Å². The molecule has 0 aromatic heterocycles. The van der Waals surface area contributed by atoms with Crippen molar-refractivity contribution in [3.05, 3.63) is 29.3 Å². The standard InChI is InChI=1S/C20H25NO3/c1-14-6-7-16(12-18(14)24-17-4-2-3-5-17)20(13-21)10-8-15(9-11-20)19(22)23/h6-7,12,15,17H,2-5,8-11H2,1H3,(H,22,23)/t15-,20-. The highest BCUT2D eigenvalue weighted by atomic mass is 16.5. The molecule has 0 saturated heterocycles. The maximum atomic E-state index is 11.2. The van der Waals surface area contributed by atoms with Gasteiger partial charge in [0.05, 0.1) is 23.5 Å². The molecule has 0 spiro atoms. The Balaban J connectivity index is 1.82. The maximum absolute atomic E-state index is 11.2. The van der Waals surface area contributed by atoms with Gasteiger partial charge in [0.15, 0.2) is 0 Å². The quantitative estimate of drug-likeness (QED) is 0.892. The summed E-state index contributed by atoms with van der Waals surface area (Å²) in [5, 5.41) is 19.0. The highest BCUT2D eigenvalue weighted by Crippen LogP contribution is 2.43. The minimum absolute atomic E-state index is 0.291. The molecule has 1 aromatic rings. The lowest BCUT2D eigenvalue weighted by atomic mass is 9.67. The topological polar surface area (TPSA) is 70.3 Å². The van der Waals surface area contributed by atoms with Crippen LogP contribution >= 0.6 is 0 Å². The van der Waals surface area contributed by atoms with E-state index in [9.17, 15) is 15.2 Å². The molecule has 24 heavy (non-hydrogen) atoms. The molecule has 2 aliphatic carbocycles. The summed E-state index contributed by atoms with van der Waals surface area (Å²) in [6.07, 6.45) is 7.29. The van der Waals surface area contributed by atoms with E-state index in [-0.39, 0.29) is 5.92 Å². The van der Waals surface area contributed by atoms with Gasteiger partial charge in [-0.3, -0.25) is 4.79 Å². The Morgan fingerprint density at radius 3 is 2.50 bits per heavy atom. The molecule has 1 aromatic carbocycles. The van der Waals surface area contributed by atoms with Gasteiger partial charge in [0.25, 0.3) is 0 Å². The van der Waals surface area contributed by atoms with Gasteiger partial charge in [-0.1, -0.05) is 12.1 Å². The van der Waals surface area contributed by atoms with E-state index in [2.05, 4.69) is 6.07 Å². The van der Waals surface area contributed by atoms with Crippen LogP contribution in [0.4, 0.5) is 0 Å². The van der Waals surface area contributed by atoms with Crippen LogP contribution in [-0.4, -0.2) is 17.2 Å². The van der Waals surface area contributed by atoms with Crippen LogP contribution in [0.3, 0.4) is 0 Å². The molecule has 0 unspecified atom stereocenters. The Morgan fingerprint density at radius 2 is 1.92 bits per heavy atom. The molecular formula is C20H25NO3. The summed E-state index contributed by atoms with van der Waals surface area (Å²) in [6, 6.07) is 8.56. The molecule has 2 fully saturated rings. The van der Waals surface area contributed by atoms with E-state index in [4.69, 9.17) is 4.74 Å². The fourth-order valence-electron chi connectivity index (χ4n) is 4.03. The number of carboxylic acids is 1. The predicted octanol–water partition coefficient (Wildman–Crippen LogP) is 4.35. The second-order valence-electron chi connectivity index (χ2n) is 7.31. The van der Waals surface area contributed by atoms with Crippen LogP contribution in [0.2, 0.25) is 0 Å². The van der Waals surface area contributed by atoms with E-state index in [1.807, 2.05) is 25.1 Å². The molecule has 2 aliphatic rings. The maximum Gasteiger partial charge on any atom is 0.306 e. The van der Waals surface area contributed by atoms with Gasteiger partial charge in [-0.15, -0.1) is 0 Å². The third-order valence-electron chi connectivity index (χ3n) is 5.74. The van der Waals surface area contributed by atoms with E-state index in [0.29, 0.717) is 31.8 Å². The first-order valence-electron chi connectivity index (χ1n) is 8.96. The molecule has 3 rings (SSSR count). The Kier molecular flexibility index (Phi) is 4.80. The molecule has 1 N–H and O–H groups in total. The molecule has 0 radical (unpaired) electrons. The van der Waals surface area contributed by atoms with Crippen LogP contribution in [0.1, 0.15) is 62.5 Å². The van der Waals surface area contributed by atoms with Crippen molar-refractivity contribution in [3.63, 3.8) is 0 Å². The third-order valence-corrected chi connectivity index (χ3v) is 5.74. The minimum Gasteiger partial charge on any atom is -0.490 e. The molecule has 0 amide bonds. The minimum atomic E-state index is -0.740. The van der Waals surface area contributed by atoms with Crippen LogP contribution in [0.5, 0.6) is 5.75 Å². The molecule has 0 atom stereocenters. The molecule has 0 heterocycles. The smallest absolute Gasteiger partial charge is 0.306 e. The molecule has 2 saturated carbocycles. The average molecular weight is 327 g/mol. The van der Waals surface area contributed by atoms with E-state index < -0.39 is 11.4 Å². The van der Waals surface area contributed by atoms with Gasteiger partial charge in [-0.2, -0.15) is 5.26 Å². The first-order chi connectivity index (χ1) is 11.5. The number of hydrogen-bond donors (Lipinski definition) is 1. The van der Waals surface area contributed by atoms with Crippen molar-refractivity contribution < 1.29 is 14.6 Å². The number of rotatable bonds is 4. The number of nitriles is 1. The largest absolute Gasteiger partial charge is 0.490 e. The Bertz CT molecular complexity index is 647. The Morgan fingerprint density at radius 1 is 1.25 bits per heavy atom. The van der Waals surface area contributed by atoms with Crippen molar-refractivity contribution in [2.75, 3.05) is 0 Å². The van der Waals surface area contributed by atoms with Crippen molar-refractivity contribution in [1.82, 2.24) is 0 Å². The van der Waals surface area contributed by atoms with Crippen molar-refractivity contribution in [3.8, 4) is 11.8 Å². The zero-order valence-electron chi connectivity index (χ0n) is 14.3. The second-order valence-corrected chi connectivity index (χ2v) is 7.31. The molecule has 0 bridgehead atoms. The Hall–Kier alpha value is -2.02. The summed E-state index contributed by atoms with van der Waals surface area (Å²) in [7, 11) is 0. The first-order valence-corrected chi connectivity index (χ1v) is 8.96. The van der Waals surface area contributed by atoms with E-state index in [0.717, 1.165) is 29.7 Å². The van der Waals surface area contributed by atoms with Gasteiger partial charge in [0, 0.05) is 0 Å². The fraction of sp³-hybridized carbons (Fsp3) is 0.600. The molecule has 4 heteroatoms. The van der Waals surface area contributed by atoms with Crippen LogP contribution in [-0.2, 0) is 10.2 Å². The van der Waals surface area contributed by atoms with Crippen molar-refractivity contribution in [1.29, 1.82) is 5.26 Å². The fourth-order valence-corrected chi connectivity index (χ4v) is 4.03. The molecular weight excluding hydrogens is 302 g/mol. The summed E-state index contributed by atoms with van der Waals surface area (Å²) >= 11 is 0. The number of hydrogen-bond acceptors (Lipinski definition) is 3. The summed E-state index contributed by atoms with van der Waals surface area (Å²) in [6.45, 7) is 2.04. The van der Waals surface area contributed by atoms with Crippen molar-refractivity contribution in [2.45, 2.75) is 69.8 Å². The first kappa shape index (κ1) is 16.8. The van der Waals surface area contributed by atoms with Crippen molar-refractivity contribution >= 4 is 5.97 Å². The van der Waals surface area contributed by atoms with E-state index in [1.165, 1.54) is 12.8 Å². The van der Waals surface area contributed by atoms with Gasteiger partial charge in [0.1, 0.15) is 5.75 Å². The monoisotopic (exact) mass is 327 g/mol. The van der Waals surface area contributed by atoms with Crippen LogP contribution in [0, 0.1) is 24.2 Å². The lowest BCUT2D eigenvalue weighted by Crippen LogP contribution is -2.33. The number of carbonyl (C=O) groups is 1. The predicted molar refractivity (Wildman–Crippen MR) is 90.9 cm³/mol. The number of benzene rings is 1. The summed E-state index contributed by atoms with van der Waals surface area (Å²) < 4.78 is 6.18. The van der Waals surface area contributed by atoms with Gasteiger partial charge in [-0.05, 0) is 75.5 Å². The molecule has 0 aliphatic heterocycles. The van der Waals surface area contributed by atoms with Gasteiger partial charge in [0.2, 0.25) is 0 Å². The molecule has 128 valence electrons. The number of ether oxygens (including phenoxy) is 1. The highest BCUT2D eigenvalue weighted by Gasteiger charge is 2.39. The summed E-state index contributed by atoms with van der Waals surface area (Å²) in [5.74, 6) is -0.170. The van der Waals surface area contributed by atoms with E-state index in [1.54, 1.807) is 0 Å². The van der Waals surface area contributed by atoms with Crippen LogP contribution < -0.4 is 4.74 Å². The SMILES string of the molecule is Cc1ccc([C@]2(C#N)CC[C@@H](C(=O)O)CC2)cc1OC1CCCC1. The lowest BCUT2D eigenvalue weighted by molar-refractivity contribution is -0.143. The second kappa shape index (κ2) is 6.84. The van der Waals surface area contributed by atoms with E-state index >= 15 is 0 Å². The zero-order chi connectivity index (χ0) is 17.2. The summed E-state index contributed by atoms with van der Waals surface area (Å²) in [5.41, 5.74) is 1.50. The van der Waals surface area contributed by atoms with Gasteiger partial charge < -0.3 is 9.84 Å². The Labute approximate surface area is 143 Å². The average Bonchev–Trinajstić information content (AvgIpc) is 3.10. The highest BCUT2D eigenvalue weighted by molar-refractivity contribution is 5.70. The third kappa shape index (κ3) is 3.26. The molecule has 4 nitrogen and oxygen atoms in total. The number of aryl methyl sites for hydroxylation is 1. The number of aliphatic carboxylic acids is 1. The number of nitrogens with zero attached hydrogens (tertiary/aromatic N) is 1. The normalized spacial score (nSPS) is 27.6.